The van der Waals surface area contributed by atoms with Gasteiger partial charge in [-0.15, -0.1) is 0 Å². The largest absolute Gasteiger partial charge is 0.507 e. The van der Waals surface area contributed by atoms with Crippen LogP contribution in [0.3, 0.4) is 0 Å². The van der Waals surface area contributed by atoms with Crippen molar-refractivity contribution < 1.29 is 15.0 Å². The van der Waals surface area contributed by atoms with Gasteiger partial charge in [0, 0.05) is 15.4 Å². The Morgan fingerprint density at radius 1 is 1.15 bits per heavy atom. The molecule has 102 valence electrons. The Morgan fingerprint density at radius 3 is 2.65 bits per heavy atom. The number of phenolic OH excluding ortho intramolecular Hbond substituents is 2. The van der Waals surface area contributed by atoms with E-state index in [9.17, 15) is 15.0 Å². The van der Waals surface area contributed by atoms with E-state index in [1.807, 2.05) is 18.2 Å². The second-order valence-electron chi connectivity index (χ2n) is 4.86. The van der Waals surface area contributed by atoms with Crippen molar-refractivity contribution in [3.63, 3.8) is 0 Å². The van der Waals surface area contributed by atoms with Crippen molar-refractivity contribution in [2.24, 2.45) is 0 Å². The van der Waals surface area contributed by atoms with Gasteiger partial charge in [0.1, 0.15) is 17.1 Å². The lowest BCUT2D eigenvalue weighted by Crippen LogP contribution is -1.99. The first kappa shape index (κ1) is 13.1. The van der Waals surface area contributed by atoms with Crippen LogP contribution in [0.15, 0.2) is 40.1 Å². The predicted octanol–water partition coefficient (Wildman–Crippen LogP) is 3.55. The summed E-state index contributed by atoms with van der Waals surface area (Å²) >= 11 is 1.52. The first-order valence-corrected chi connectivity index (χ1v) is 7.24. The third kappa shape index (κ3) is 2.06. The van der Waals surface area contributed by atoms with E-state index in [1.54, 1.807) is 6.07 Å². The van der Waals surface area contributed by atoms with Gasteiger partial charge in [-0.3, -0.25) is 4.79 Å². The number of aromatic hydroxyl groups is 2. The Hall–Kier alpha value is -1.94. The fourth-order valence-corrected chi connectivity index (χ4v) is 3.72. The van der Waals surface area contributed by atoms with Gasteiger partial charge < -0.3 is 10.2 Å². The molecule has 0 atom stereocenters. The van der Waals surface area contributed by atoms with E-state index in [0.717, 1.165) is 21.8 Å². The van der Waals surface area contributed by atoms with Gasteiger partial charge in [0.05, 0.1) is 0 Å². The van der Waals surface area contributed by atoms with E-state index in [0.29, 0.717) is 6.42 Å². The summed E-state index contributed by atoms with van der Waals surface area (Å²) in [5.74, 6) is -0.553. The Kier molecular flexibility index (Phi) is 3.18. The molecule has 2 aromatic carbocycles. The molecule has 0 amide bonds. The molecule has 0 unspecified atom stereocenters. The summed E-state index contributed by atoms with van der Waals surface area (Å²) in [5.41, 5.74) is 1.99. The maximum Gasteiger partial charge on any atom is 0.167 e. The second kappa shape index (κ2) is 4.87. The van der Waals surface area contributed by atoms with Gasteiger partial charge >= 0.3 is 0 Å². The normalized spacial score (nSPS) is 13.2. The molecule has 20 heavy (non-hydrogen) atoms. The van der Waals surface area contributed by atoms with Crippen LogP contribution in [0.2, 0.25) is 0 Å². The minimum absolute atomic E-state index is 0.0234. The molecule has 1 aliphatic heterocycles. The van der Waals surface area contributed by atoms with Crippen LogP contribution in [0.5, 0.6) is 11.5 Å². The molecule has 0 aliphatic carbocycles. The number of benzene rings is 2. The molecular weight excluding hydrogens is 272 g/mol. The number of phenols is 2. The topological polar surface area (TPSA) is 57.5 Å². The van der Waals surface area contributed by atoms with Crippen molar-refractivity contribution >= 4 is 17.5 Å². The molecule has 0 fully saturated rings. The molecule has 0 spiro atoms. The van der Waals surface area contributed by atoms with E-state index in [2.05, 4.69) is 6.07 Å². The summed E-state index contributed by atoms with van der Waals surface area (Å²) < 4.78 is 0. The van der Waals surface area contributed by atoms with Gasteiger partial charge in [0.25, 0.3) is 0 Å². The van der Waals surface area contributed by atoms with Gasteiger partial charge in [-0.25, -0.2) is 0 Å². The Balaban J connectivity index is 2.17. The monoisotopic (exact) mass is 286 g/mol. The molecular formula is C16H14O3S. The number of aryl methyl sites for hydroxylation is 1. The molecule has 3 nitrogen and oxygen atoms in total. The molecule has 0 aromatic heterocycles. The van der Waals surface area contributed by atoms with Crippen LogP contribution in [0.1, 0.15) is 28.4 Å². The van der Waals surface area contributed by atoms with Crippen LogP contribution in [-0.2, 0) is 12.8 Å². The van der Waals surface area contributed by atoms with Crippen molar-refractivity contribution in [3.8, 4) is 11.5 Å². The number of hydrogen-bond acceptors (Lipinski definition) is 4. The van der Waals surface area contributed by atoms with Crippen molar-refractivity contribution in [1.29, 1.82) is 0 Å². The summed E-state index contributed by atoms with van der Waals surface area (Å²) in [6, 6.07) is 9.64. The summed E-state index contributed by atoms with van der Waals surface area (Å²) in [5, 5.41) is 20.3. The van der Waals surface area contributed by atoms with Crippen LogP contribution in [-0.4, -0.2) is 16.0 Å². The smallest absolute Gasteiger partial charge is 0.167 e. The van der Waals surface area contributed by atoms with Crippen molar-refractivity contribution in [2.75, 3.05) is 0 Å². The highest BCUT2D eigenvalue weighted by atomic mass is 32.2. The quantitative estimate of drug-likeness (QED) is 0.787. The minimum Gasteiger partial charge on any atom is -0.507 e. The first-order chi connectivity index (χ1) is 9.58. The van der Waals surface area contributed by atoms with E-state index in [1.165, 1.54) is 24.2 Å². The van der Waals surface area contributed by atoms with Crippen molar-refractivity contribution in [2.45, 2.75) is 29.6 Å². The van der Waals surface area contributed by atoms with E-state index in [-0.39, 0.29) is 22.8 Å². The first-order valence-electron chi connectivity index (χ1n) is 6.42. The number of carbonyl (C=O) groups is 1. The number of fused-ring (bicyclic) bond motifs is 2. The molecule has 2 N–H and O–H groups in total. The molecule has 0 saturated carbocycles. The molecule has 4 heteroatoms. The SMILES string of the molecule is CC(=O)c1c(O)cc2c(c1O)CCc1ccccc1S2. The molecule has 3 rings (SSSR count). The highest BCUT2D eigenvalue weighted by Gasteiger charge is 2.23. The average Bonchev–Trinajstić information content (AvgIpc) is 2.57. The minimum atomic E-state index is -0.324. The zero-order valence-electron chi connectivity index (χ0n) is 11.0. The van der Waals surface area contributed by atoms with Crippen molar-refractivity contribution in [3.05, 3.63) is 47.0 Å². The summed E-state index contributed by atoms with van der Waals surface area (Å²) in [6.07, 6.45) is 1.47. The zero-order chi connectivity index (χ0) is 14.3. The highest BCUT2D eigenvalue weighted by molar-refractivity contribution is 7.99. The van der Waals surface area contributed by atoms with Gasteiger partial charge in [-0.1, -0.05) is 30.0 Å². The molecule has 1 aliphatic rings. The summed E-state index contributed by atoms with van der Waals surface area (Å²) in [7, 11) is 0. The molecule has 0 radical (unpaired) electrons. The van der Waals surface area contributed by atoms with Crippen LogP contribution in [0.25, 0.3) is 0 Å². The Bertz CT molecular complexity index is 707. The lowest BCUT2D eigenvalue weighted by Gasteiger charge is -2.12. The third-order valence-corrected chi connectivity index (χ3v) is 4.74. The van der Waals surface area contributed by atoms with Crippen LogP contribution in [0, 0.1) is 0 Å². The predicted molar refractivity (Wildman–Crippen MR) is 77.7 cm³/mol. The van der Waals surface area contributed by atoms with Crippen LogP contribution < -0.4 is 0 Å². The van der Waals surface area contributed by atoms with Gasteiger partial charge in [-0.05, 0) is 37.5 Å². The highest BCUT2D eigenvalue weighted by Crippen LogP contribution is 2.44. The number of hydrogen-bond donors (Lipinski definition) is 2. The summed E-state index contributed by atoms with van der Waals surface area (Å²) in [4.78, 5) is 13.5. The number of ketones is 1. The lowest BCUT2D eigenvalue weighted by molar-refractivity contribution is 0.101. The van der Waals surface area contributed by atoms with Gasteiger partial charge in [0.2, 0.25) is 0 Å². The molecule has 0 saturated heterocycles. The maximum atomic E-state index is 11.6. The van der Waals surface area contributed by atoms with E-state index < -0.39 is 0 Å². The number of Topliss-reactive ketones (excluding diaryl/α,β-unsaturated/α-hetero) is 1. The molecule has 0 bridgehead atoms. The van der Waals surface area contributed by atoms with E-state index >= 15 is 0 Å². The summed E-state index contributed by atoms with van der Waals surface area (Å²) in [6.45, 7) is 1.35. The standard InChI is InChI=1S/C16H14O3S/c1-9(17)15-12(18)8-14-11(16(15)19)7-6-10-4-2-3-5-13(10)20-14/h2-5,8,18-19H,6-7H2,1H3. The number of carbonyl (C=O) groups excluding carboxylic acids is 1. The van der Waals surface area contributed by atoms with E-state index in [4.69, 9.17) is 0 Å². The fourth-order valence-electron chi connectivity index (χ4n) is 2.54. The maximum absolute atomic E-state index is 11.6. The zero-order valence-corrected chi connectivity index (χ0v) is 11.8. The van der Waals surface area contributed by atoms with Gasteiger partial charge in [-0.2, -0.15) is 0 Å². The van der Waals surface area contributed by atoms with Crippen molar-refractivity contribution in [1.82, 2.24) is 0 Å². The van der Waals surface area contributed by atoms with Crippen LogP contribution in [0.4, 0.5) is 0 Å². The van der Waals surface area contributed by atoms with Crippen LogP contribution >= 0.6 is 11.8 Å². The number of rotatable bonds is 1. The molecule has 2 aromatic rings. The molecule has 1 heterocycles. The fraction of sp³-hybridized carbons (Fsp3) is 0.188. The van der Waals surface area contributed by atoms with Gasteiger partial charge in [0.15, 0.2) is 5.78 Å². The second-order valence-corrected chi connectivity index (χ2v) is 5.95. The third-order valence-electron chi connectivity index (χ3n) is 3.53. The Morgan fingerprint density at radius 2 is 1.90 bits per heavy atom. The average molecular weight is 286 g/mol. The lowest BCUT2D eigenvalue weighted by atomic mass is 9.99. The Labute approximate surface area is 121 Å².